The third kappa shape index (κ3) is 6.88. The average Bonchev–Trinajstić information content (AvgIpc) is 3.06. The van der Waals surface area contributed by atoms with Gasteiger partial charge >= 0.3 is 0 Å². The zero-order valence-corrected chi connectivity index (χ0v) is 21.0. The Morgan fingerprint density at radius 1 is 0.882 bits per heavy atom. The molecule has 2 aromatic carbocycles. The highest BCUT2D eigenvalue weighted by Crippen LogP contribution is 2.26. The van der Waals surface area contributed by atoms with E-state index < -0.39 is 10.0 Å². The molecule has 1 aliphatic heterocycles. The summed E-state index contributed by atoms with van der Waals surface area (Å²) in [4.78, 5) is 26.7. The summed E-state index contributed by atoms with van der Waals surface area (Å²) in [6.07, 6.45) is 3.80. The molecule has 2 amide bonds. The van der Waals surface area contributed by atoms with E-state index in [0.717, 1.165) is 36.9 Å². The average molecular weight is 487 g/mol. The van der Waals surface area contributed by atoms with E-state index in [2.05, 4.69) is 10.6 Å². The lowest BCUT2D eigenvalue weighted by Crippen LogP contribution is -2.36. The molecule has 184 valence electrons. The smallest absolute Gasteiger partial charge is 0.243 e. The number of nitrogens with zero attached hydrogens (tertiary/aromatic N) is 2. The summed E-state index contributed by atoms with van der Waals surface area (Å²) in [6, 6.07) is 12.4. The van der Waals surface area contributed by atoms with Gasteiger partial charge in [-0.25, -0.2) is 8.42 Å². The van der Waals surface area contributed by atoms with Gasteiger partial charge in [-0.15, -0.1) is 0 Å². The number of hydrogen-bond donors (Lipinski definition) is 2. The maximum atomic E-state index is 13.2. The van der Waals surface area contributed by atoms with Crippen molar-refractivity contribution in [3.05, 3.63) is 53.6 Å². The largest absolute Gasteiger partial charge is 0.325 e. The van der Waals surface area contributed by atoms with Gasteiger partial charge in [-0.3, -0.25) is 14.5 Å². The number of carbonyl (C=O) groups is 2. The molecule has 9 heteroatoms. The summed E-state index contributed by atoms with van der Waals surface area (Å²) in [7, 11) is -1.95. The summed E-state index contributed by atoms with van der Waals surface area (Å²) in [5.74, 6) is -0.543. The van der Waals surface area contributed by atoms with Crippen molar-refractivity contribution in [2.45, 2.75) is 44.4 Å². The predicted octanol–water partition coefficient (Wildman–Crippen LogP) is 3.38. The van der Waals surface area contributed by atoms with E-state index in [9.17, 15) is 18.0 Å². The van der Waals surface area contributed by atoms with Crippen LogP contribution in [0.1, 0.15) is 36.8 Å². The van der Waals surface area contributed by atoms with Gasteiger partial charge in [0, 0.05) is 24.5 Å². The molecule has 0 saturated carbocycles. The first kappa shape index (κ1) is 25.9. The number of sulfonamides is 1. The maximum absolute atomic E-state index is 13.2. The van der Waals surface area contributed by atoms with Gasteiger partial charge < -0.3 is 10.6 Å². The second kappa shape index (κ2) is 11.6. The highest BCUT2D eigenvalue weighted by Gasteiger charge is 2.27. The van der Waals surface area contributed by atoms with Gasteiger partial charge in [-0.2, -0.15) is 4.31 Å². The number of hydrogen-bond acceptors (Lipinski definition) is 5. The number of aryl methyl sites for hydroxylation is 2. The minimum absolute atomic E-state index is 0.0106. The Bertz CT molecular complexity index is 1130. The molecule has 1 fully saturated rings. The van der Waals surface area contributed by atoms with Crippen LogP contribution < -0.4 is 10.6 Å². The van der Waals surface area contributed by atoms with Crippen LogP contribution in [-0.2, 0) is 19.6 Å². The highest BCUT2D eigenvalue weighted by atomic mass is 32.2. The van der Waals surface area contributed by atoms with E-state index in [4.69, 9.17) is 0 Å². The summed E-state index contributed by atoms with van der Waals surface area (Å²) in [5, 5.41) is 5.61. The Morgan fingerprint density at radius 2 is 1.50 bits per heavy atom. The maximum Gasteiger partial charge on any atom is 0.243 e. The molecular formula is C25H34N4O4S. The Hall–Kier alpha value is -2.75. The van der Waals surface area contributed by atoms with E-state index in [0.29, 0.717) is 24.3 Å². The Balaban J connectivity index is 1.60. The van der Waals surface area contributed by atoms with E-state index in [1.807, 2.05) is 31.2 Å². The van der Waals surface area contributed by atoms with Crippen LogP contribution >= 0.6 is 0 Å². The number of nitrogens with one attached hydrogen (secondary N) is 2. The van der Waals surface area contributed by atoms with E-state index >= 15 is 0 Å². The van der Waals surface area contributed by atoms with Crippen molar-refractivity contribution in [3.8, 4) is 0 Å². The van der Waals surface area contributed by atoms with Crippen molar-refractivity contribution in [2.75, 3.05) is 43.9 Å². The van der Waals surface area contributed by atoms with Crippen molar-refractivity contribution in [3.63, 3.8) is 0 Å². The summed E-state index contributed by atoms with van der Waals surface area (Å²) in [6.45, 7) is 4.75. The van der Waals surface area contributed by atoms with Gasteiger partial charge in [0.25, 0.3) is 0 Å². The summed E-state index contributed by atoms with van der Waals surface area (Å²) < 4.78 is 28.0. The molecule has 3 rings (SSSR count). The first-order valence-electron chi connectivity index (χ1n) is 11.6. The molecule has 34 heavy (non-hydrogen) atoms. The first-order chi connectivity index (χ1) is 16.2. The number of likely N-dealkylation sites (N-methyl/N-ethyl adjacent to an activating group) is 1. The van der Waals surface area contributed by atoms with Crippen LogP contribution in [0.3, 0.4) is 0 Å². The third-order valence-corrected chi connectivity index (χ3v) is 7.94. The second-order valence-corrected chi connectivity index (χ2v) is 10.8. The molecule has 0 atom stereocenters. The SMILES string of the molecule is Cc1ccccc1NC(=O)CN(C)CC(=O)Nc1ccc(C)c(S(=O)(=O)N2CCCCCC2)c1. The van der Waals surface area contributed by atoms with Gasteiger partial charge in [-0.1, -0.05) is 37.1 Å². The molecule has 0 radical (unpaired) electrons. The highest BCUT2D eigenvalue weighted by molar-refractivity contribution is 7.89. The van der Waals surface area contributed by atoms with Crippen molar-refractivity contribution < 1.29 is 18.0 Å². The standard InChI is InChI=1S/C25H34N4O4S/c1-19-10-6-7-11-22(19)27-25(31)18-28(3)17-24(30)26-21-13-12-20(2)23(16-21)34(32,33)29-14-8-4-5-9-15-29/h6-7,10-13,16H,4-5,8-9,14-15,17-18H2,1-3H3,(H,26,30)(H,27,31). The van der Waals surface area contributed by atoms with Crippen LogP contribution in [0.25, 0.3) is 0 Å². The van der Waals surface area contributed by atoms with E-state index in [1.165, 1.54) is 6.07 Å². The monoisotopic (exact) mass is 486 g/mol. The Kier molecular flexibility index (Phi) is 8.82. The summed E-state index contributed by atoms with van der Waals surface area (Å²) in [5.41, 5.74) is 2.76. The number of amides is 2. The van der Waals surface area contributed by atoms with Gasteiger partial charge in [0.15, 0.2) is 0 Å². The fourth-order valence-corrected chi connectivity index (χ4v) is 5.79. The van der Waals surface area contributed by atoms with E-state index in [1.54, 1.807) is 35.3 Å². The first-order valence-corrected chi connectivity index (χ1v) is 13.1. The van der Waals surface area contributed by atoms with Gasteiger partial charge in [0.2, 0.25) is 21.8 Å². The number of benzene rings is 2. The number of anilines is 2. The quantitative estimate of drug-likeness (QED) is 0.596. The molecular weight excluding hydrogens is 452 g/mol. The molecule has 0 unspecified atom stereocenters. The normalized spacial score (nSPS) is 15.1. The fraction of sp³-hybridized carbons (Fsp3) is 0.440. The Labute approximate surface area is 202 Å². The molecule has 1 heterocycles. The van der Waals surface area contributed by atoms with Crippen molar-refractivity contribution in [1.82, 2.24) is 9.21 Å². The summed E-state index contributed by atoms with van der Waals surface area (Å²) >= 11 is 0. The lowest BCUT2D eigenvalue weighted by atomic mass is 10.2. The zero-order chi connectivity index (χ0) is 24.7. The lowest BCUT2D eigenvalue weighted by molar-refractivity contribution is -0.119. The molecule has 0 aliphatic carbocycles. The van der Waals surface area contributed by atoms with Crippen molar-refractivity contribution >= 4 is 33.2 Å². The molecule has 8 nitrogen and oxygen atoms in total. The van der Waals surface area contributed by atoms with Crippen LogP contribution in [-0.4, -0.2) is 62.7 Å². The van der Waals surface area contributed by atoms with Crippen LogP contribution in [0.2, 0.25) is 0 Å². The van der Waals surface area contributed by atoms with Gasteiger partial charge in [0.1, 0.15) is 0 Å². The van der Waals surface area contributed by atoms with E-state index in [-0.39, 0.29) is 29.8 Å². The van der Waals surface area contributed by atoms with Crippen molar-refractivity contribution in [2.24, 2.45) is 0 Å². The molecule has 2 N–H and O–H groups in total. The fourth-order valence-electron chi connectivity index (χ4n) is 4.03. The Morgan fingerprint density at radius 3 is 2.15 bits per heavy atom. The van der Waals surface area contributed by atoms with Gasteiger partial charge in [0.05, 0.1) is 18.0 Å². The molecule has 0 aromatic heterocycles. The predicted molar refractivity (Wildman–Crippen MR) is 134 cm³/mol. The van der Waals surface area contributed by atoms with Crippen LogP contribution in [0, 0.1) is 13.8 Å². The molecule has 0 bridgehead atoms. The lowest BCUT2D eigenvalue weighted by Gasteiger charge is -2.22. The van der Waals surface area contributed by atoms with Crippen LogP contribution in [0.4, 0.5) is 11.4 Å². The molecule has 0 spiro atoms. The minimum atomic E-state index is -3.63. The molecule has 1 aliphatic rings. The second-order valence-electron chi connectivity index (χ2n) is 8.88. The van der Waals surface area contributed by atoms with Crippen molar-refractivity contribution in [1.29, 1.82) is 0 Å². The zero-order valence-electron chi connectivity index (χ0n) is 20.1. The van der Waals surface area contributed by atoms with Crippen LogP contribution in [0.5, 0.6) is 0 Å². The molecule has 2 aromatic rings. The number of carbonyl (C=O) groups excluding carboxylic acids is 2. The number of rotatable bonds is 8. The van der Waals surface area contributed by atoms with Gasteiger partial charge in [-0.05, 0) is 63.1 Å². The van der Waals surface area contributed by atoms with Crippen LogP contribution in [0.15, 0.2) is 47.4 Å². The third-order valence-electron chi connectivity index (χ3n) is 5.90. The number of para-hydroxylation sites is 1. The molecule has 1 saturated heterocycles. The minimum Gasteiger partial charge on any atom is -0.325 e. The topological polar surface area (TPSA) is 98.8 Å².